The number of aliphatic imine (C=N–C) groups is 1. The Morgan fingerprint density at radius 1 is 1.07 bits per heavy atom. The number of nitrogens with one attached hydrogen (secondary N) is 3. The third-order valence-electron chi connectivity index (χ3n) is 3.60. The zero-order chi connectivity index (χ0) is 18.6. The van der Waals surface area contributed by atoms with Crippen molar-refractivity contribution in [2.75, 3.05) is 19.6 Å². The molecule has 0 spiro atoms. The van der Waals surface area contributed by atoms with E-state index in [1.54, 1.807) is 6.26 Å². The number of benzene rings is 1. The molecule has 3 N–H and O–H groups in total. The molecule has 148 valence electrons. The second-order valence-electron chi connectivity index (χ2n) is 5.81. The molecule has 0 bridgehead atoms. The Bertz CT molecular complexity index is 690. The monoisotopic (exact) mass is 548 g/mol. The van der Waals surface area contributed by atoms with Crippen molar-refractivity contribution in [1.29, 1.82) is 0 Å². The smallest absolute Gasteiger partial charge is 0.216 e. The molecule has 1 aromatic heterocycles. The van der Waals surface area contributed by atoms with Crippen LogP contribution in [0.2, 0.25) is 0 Å². The van der Waals surface area contributed by atoms with Crippen molar-refractivity contribution >= 4 is 51.8 Å². The lowest BCUT2D eigenvalue weighted by atomic mass is 10.2. The highest BCUT2D eigenvalue weighted by Crippen LogP contribution is 2.11. The first-order valence-electron chi connectivity index (χ1n) is 8.67. The Balaban J connectivity index is 0.00000364. The van der Waals surface area contributed by atoms with Crippen LogP contribution >= 0.6 is 39.9 Å². The zero-order valence-electron chi connectivity index (χ0n) is 15.3. The van der Waals surface area contributed by atoms with Crippen LogP contribution in [0.15, 0.2) is 56.5 Å². The zero-order valence-corrected chi connectivity index (χ0v) is 19.3. The van der Waals surface area contributed by atoms with Gasteiger partial charge in [-0.05, 0) is 36.2 Å². The van der Waals surface area contributed by atoms with E-state index in [1.165, 1.54) is 6.92 Å². The minimum absolute atomic E-state index is 0. The van der Waals surface area contributed by atoms with Gasteiger partial charge in [-0.3, -0.25) is 4.79 Å². The number of carbonyl (C=O) groups excluding carboxylic acids is 1. The third-order valence-corrected chi connectivity index (χ3v) is 4.13. The van der Waals surface area contributed by atoms with E-state index in [0.717, 1.165) is 47.7 Å². The third kappa shape index (κ3) is 10.4. The molecule has 0 aliphatic heterocycles. The average Bonchev–Trinajstić information content (AvgIpc) is 3.13. The van der Waals surface area contributed by atoms with E-state index in [4.69, 9.17) is 4.42 Å². The molecular weight excluding hydrogens is 523 g/mol. The maximum Gasteiger partial charge on any atom is 0.216 e. The van der Waals surface area contributed by atoms with E-state index in [0.29, 0.717) is 13.1 Å². The van der Waals surface area contributed by atoms with Crippen molar-refractivity contribution in [3.05, 3.63) is 58.5 Å². The first kappa shape index (κ1) is 23.5. The maximum absolute atomic E-state index is 10.9. The molecular formula is C19H26BrIN4O2. The minimum atomic E-state index is -0.00861. The molecule has 2 rings (SSSR count). The number of furan rings is 1. The normalized spacial score (nSPS) is 10.8. The SMILES string of the molecule is CC(=O)NCCCNC(=NCc1ccc(Br)cc1)NCCc1ccco1.I. The molecule has 2 aromatic rings. The molecule has 0 aliphatic carbocycles. The molecule has 8 heteroatoms. The van der Waals surface area contributed by atoms with Crippen LogP contribution in [0.3, 0.4) is 0 Å². The summed E-state index contributed by atoms with van der Waals surface area (Å²) in [4.78, 5) is 15.5. The van der Waals surface area contributed by atoms with E-state index >= 15 is 0 Å². The Labute approximate surface area is 185 Å². The van der Waals surface area contributed by atoms with Gasteiger partial charge in [0.25, 0.3) is 0 Å². The van der Waals surface area contributed by atoms with Crippen LogP contribution in [0.4, 0.5) is 0 Å². The summed E-state index contributed by atoms with van der Waals surface area (Å²) in [6.45, 7) is 4.22. The lowest BCUT2D eigenvalue weighted by molar-refractivity contribution is -0.118. The highest BCUT2D eigenvalue weighted by molar-refractivity contribution is 14.0. The summed E-state index contributed by atoms with van der Waals surface area (Å²) in [6.07, 6.45) is 3.30. The van der Waals surface area contributed by atoms with E-state index < -0.39 is 0 Å². The van der Waals surface area contributed by atoms with Gasteiger partial charge in [0, 0.05) is 37.5 Å². The van der Waals surface area contributed by atoms with Crippen LogP contribution in [0.5, 0.6) is 0 Å². The van der Waals surface area contributed by atoms with Crippen LogP contribution in [-0.2, 0) is 17.8 Å². The Morgan fingerprint density at radius 2 is 1.78 bits per heavy atom. The summed E-state index contributed by atoms with van der Waals surface area (Å²) in [7, 11) is 0. The Kier molecular flexibility index (Phi) is 11.8. The molecule has 1 amide bonds. The van der Waals surface area contributed by atoms with Gasteiger partial charge in [-0.2, -0.15) is 0 Å². The average molecular weight is 549 g/mol. The molecule has 0 unspecified atom stereocenters. The van der Waals surface area contributed by atoms with Gasteiger partial charge in [0.15, 0.2) is 5.96 Å². The fraction of sp³-hybridized carbons (Fsp3) is 0.368. The number of carbonyl (C=O) groups is 1. The summed E-state index contributed by atoms with van der Waals surface area (Å²) in [6, 6.07) is 12.0. The van der Waals surface area contributed by atoms with Gasteiger partial charge in [-0.1, -0.05) is 28.1 Å². The number of guanidine groups is 1. The number of hydrogen-bond acceptors (Lipinski definition) is 3. The molecule has 0 atom stereocenters. The molecule has 0 saturated carbocycles. The van der Waals surface area contributed by atoms with Crippen LogP contribution in [0.1, 0.15) is 24.7 Å². The first-order chi connectivity index (χ1) is 12.6. The van der Waals surface area contributed by atoms with Crippen LogP contribution in [0.25, 0.3) is 0 Å². The fourth-order valence-electron chi connectivity index (χ4n) is 2.25. The molecule has 0 saturated heterocycles. The molecule has 1 aromatic carbocycles. The summed E-state index contributed by atoms with van der Waals surface area (Å²) in [5.74, 6) is 1.68. The van der Waals surface area contributed by atoms with Gasteiger partial charge in [0.2, 0.25) is 5.91 Å². The van der Waals surface area contributed by atoms with Crippen LogP contribution in [-0.4, -0.2) is 31.5 Å². The van der Waals surface area contributed by atoms with Crippen molar-refractivity contribution in [2.24, 2.45) is 4.99 Å². The quantitative estimate of drug-likeness (QED) is 0.194. The number of rotatable bonds is 9. The lowest BCUT2D eigenvalue weighted by Crippen LogP contribution is -2.39. The minimum Gasteiger partial charge on any atom is -0.469 e. The number of nitrogens with zero attached hydrogens (tertiary/aromatic N) is 1. The van der Waals surface area contributed by atoms with E-state index in [2.05, 4.69) is 36.9 Å². The number of hydrogen-bond donors (Lipinski definition) is 3. The Morgan fingerprint density at radius 3 is 2.44 bits per heavy atom. The Hall–Kier alpha value is -1.55. The van der Waals surface area contributed by atoms with E-state index in [-0.39, 0.29) is 29.9 Å². The van der Waals surface area contributed by atoms with Crippen molar-refractivity contribution in [3.8, 4) is 0 Å². The van der Waals surface area contributed by atoms with E-state index in [9.17, 15) is 4.79 Å². The van der Waals surface area contributed by atoms with Gasteiger partial charge in [-0.15, -0.1) is 24.0 Å². The molecule has 27 heavy (non-hydrogen) atoms. The van der Waals surface area contributed by atoms with E-state index in [1.807, 2.05) is 36.4 Å². The highest BCUT2D eigenvalue weighted by atomic mass is 127. The number of halogens is 2. The van der Waals surface area contributed by atoms with Crippen molar-refractivity contribution in [2.45, 2.75) is 26.3 Å². The predicted molar refractivity (Wildman–Crippen MR) is 122 cm³/mol. The topological polar surface area (TPSA) is 78.7 Å². The van der Waals surface area contributed by atoms with Crippen molar-refractivity contribution in [3.63, 3.8) is 0 Å². The van der Waals surface area contributed by atoms with Crippen molar-refractivity contribution < 1.29 is 9.21 Å². The van der Waals surface area contributed by atoms with Gasteiger partial charge in [0.1, 0.15) is 5.76 Å². The first-order valence-corrected chi connectivity index (χ1v) is 9.46. The van der Waals surface area contributed by atoms with Crippen LogP contribution < -0.4 is 16.0 Å². The summed E-state index contributed by atoms with van der Waals surface area (Å²) < 4.78 is 6.40. The summed E-state index contributed by atoms with van der Waals surface area (Å²) in [5, 5.41) is 9.41. The molecule has 0 radical (unpaired) electrons. The largest absolute Gasteiger partial charge is 0.469 e. The highest BCUT2D eigenvalue weighted by Gasteiger charge is 2.01. The second-order valence-corrected chi connectivity index (χ2v) is 6.73. The van der Waals surface area contributed by atoms with Gasteiger partial charge < -0.3 is 20.4 Å². The van der Waals surface area contributed by atoms with Gasteiger partial charge in [-0.25, -0.2) is 4.99 Å². The van der Waals surface area contributed by atoms with Gasteiger partial charge >= 0.3 is 0 Å². The number of amides is 1. The predicted octanol–water partition coefficient (Wildman–Crippen LogP) is 3.46. The molecule has 1 heterocycles. The molecule has 0 aliphatic rings. The maximum atomic E-state index is 10.9. The lowest BCUT2D eigenvalue weighted by Gasteiger charge is -2.12. The van der Waals surface area contributed by atoms with Crippen LogP contribution in [0, 0.1) is 0 Å². The second kappa shape index (κ2) is 13.6. The molecule has 0 fully saturated rings. The fourth-order valence-corrected chi connectivity index (χ4v) is 2.52. The van der Waals surface area contributed by atoms with Crippen molar-refractivity contribution in [1.82, 2.24) is 16.0 Å². The summed E-state index contributed by atoms with van der Waals surface area (Å²) in [5.41, 5.74) is 1.14. The molecule has 6 nitrogen and oxygen atoms in total. The summed E-state index contributed by atoms with van der Waals surface area (Å²) >= 11 is 3.44. The standard InChI is InChI=1S/C19H25BrN4O2.HI/c1-15(25)21-10-3-11-22-19(23-12-9-18-4-2-13-26-18)24-14-16-5-7-17(20)8-6-16;/h2,4-8,13H,3,9-12,14H2,1H3,(H,21,25)(H2,22,23,24);1H. The van der Waals surface area contributed by atoms with Gasteiger partial charge in [0.05, 0.1) is 12.8 Å².